The Balaban J connectivity index is 0.00000544. The quantitative estimate of drug-likeness (QED) is 0.246. The molecule has 0 aromatic heterocycles. The van der Waals surface area contributed by atoms with Gasteiger partial charge in [-0.2, -0.15) is 0 Å². The second-order valence-electron chi connectivity index (χ2n) is 6.75. The number of hydrogen-bond donors (Lipinski definition) is 4. The van der Waals surface area contributed by atoms with Crippen molar-refractivity contribution in [3.05, 3.63) is 71.8 Å². The van der Waals surface area contributed by atoms with Crippen LogP contribution in [0, 0.1) is 0 Å². The second-order valence-corrected chi connectivity index (χ2v) is 6.75. The number of amides is 3. The monoisotopic (exact) mass is 477 g/mol. The van der Waals surface area contributed by atoms with Crippen LogP contribution in [0.5, 0.6) is 0 Å². The van der Waals surface area contributed by atoms with Crippen molar-refractivity contribution < 1.29 is 23.9 Å². The van der Waals surface area contributed by atoms with Crippen molar-refractivity contribution in [3.8, 4) is 0 Å². The van der Waals surface area contributed by atoms with Gasteiger partial charge in [0.05, 0.1) is 6.04 Å². The van der Waals surface area contributed by atoms with E-state index in [1.165, 1.54) is 0 Å². The van der Waals surface area contributed by atoms with Crippen molar-refractivity contribution in [2.75, 3.05) is 6.54 Å². The normalized spacial score (nSPS) is 10.7. The Labute approximate surface area is 198 Å². The Hall–Kier alpha value is -3.63. The summed E-state index contributed by atoms with van der Waals surface area (Å²) < 4.78 is 10.3. The van der Waals surface area contributed by atoms with Crippen LogP contribution in [-0.4, -0.2) is 36.6 Å². The van der Waals surface area contributed by atoms with Gasteiger partial charge < -0.3 is 20.9 Å². The number of alkyl carbamates (subject to hydrolysis) is 2. The predicted octanol–water partition coefficient (Wildman–Crippen LogP) is 2.21. The number of hydrogen-bond acceptors (Lipinski definition) is 7. The number of ether oxygens (including phenoxy) is 2. The van der Waals surface area contributed by atoms with E-state index in [2.05, 4.69) is 15.6 Å². The molecule has 2 aromatic carbocycles. The van der Waals surface area contributed by atoms with Gasteiger partial charge in [-0.05, 0) is 24.0 Å². The lowest BCUT2D eigenvalue weighted by atomic mass is 10.1. The molecule has 178 valence electrons. The van der Waals surface area contributed by atoms with E-state index in [9.17, 15) is 14.4 Å². The number of carbonyl (C=O) groups is 3. The molecule has 0 radical (unpaired) electrons. The van der Waals surface area contributed by atoms with Gasteiger partial charge in [0.1, 0.15) is 13.2 Å². The standard InChI is InChI=1S/C22H27N5O5.ClH/c23-18(19(24)28)12-7-13-25-20(26-21(29)31-14-16-8-3-1-4-9-16)27-22(30)32-15-17-10-5-2-6-11-17;/h1-6,8-11,18H,7,12-15,23H2,(H2,24,28)(H2,25,26,27,29,30);1H/t18-;/m0./s1. The minimum Gasteiger partial charge on any atom is -0.444 e. The third-order valence-corrected chi connectivity index (χ3v) is 4.18. The number of guanidine groups is 1. The molecule has 2 aromatic rings. The van der Waals surface area contributed by atoms with E-state index < -0.39 is 24.1 Å². The van der Waals surface area contributed by atoms with Gasteiger partial charge in [0.2, 0.25) is 11.9 Å². The molecule has 0 spiro atoms. The molecule has 0 bridgehead atoms. The Morgan fingerprint density at radius 3 is 1.73 bits per heavy atom. The number of benzene rings is 2. The van der Waals surface area contributed by atoms with Crippen LogP contribution in [0.2, 0.25) is 0 Å². The summed E-state index contributed by atoms with van der Waals surface area (Å²) in [4.78, 5) is 39.4. The number of nitrogens with zero attached hydrogens (tertiary/aromatic N) is 1. The Morgan fingerprint density at radius 1 is 0.848 bits per heavy atom. The van der Waals surface area contributed by atoms with Crippen LogP contribution in [0.15, 0.2) is 65.7 Å². The van der Waals surface area contributed by atoms with Crippen LogP contribution in [-0.2, 0) is 27.5 Å². The smallest absolute Gasteiger partial charge is 0.414 e. The van der Waals surface area contributed by atoms with Crippen molar-refractivity contribution in [3.63, 3.8) is 0 Å². The summed E-state index contributed by atoms with van der Waals surface area (Å²) in [6.45, 7) is 0.270. The highest BCUT2D eigenvalue weighted by atomic mass is 35.5. The highest BCUT2D eigenvalue weighted by molar-refractivity contribution is 6.01. The third-order valence-electron chi connectivity index (χ3n) is 4.18. The fourth-order valence-electron chi connectivity index (χ4n) is 2.47. The van der Waals surface area contributed by atoms with Crippen LogP contribution in [0.3, 0.4) is 0 Å². The zero-order valence-electron chi connectivity index (χ0n) is 17.9. The number of aliphatic imine (C=N–C) groups is 1. The molecule has 0 aliphatic rings. The predicted molar refractivity (Wildman–Crippen MR) is 125 cm³/mol. The molecule has 11 heteroatoms. The molecule has 33 heavy (non-hydrogen) atoms. The van der Waals surface area contributed by atoms with Gasteiger partial charge in [-0.1, -0.05) is 60.7 Å². The first-order valence-electron chi connectivity index (χ1n) is 9.99. The number of nitrogens with two attached hydrogens (primary N) is 2. The van der Waals surface area contributed by atoms with Crippen LogP contribution < -0.4 is 22.1 Å². The molecule has 0 unspecified atom stereocenters. The minimum atomic E-state index is -0.801. The molecule has 0 aliphatic heterocycles. The van der Waals surface area contributed by atoms with Gasteiger partial charge in [-0.25, -0.2) is 9.59 Å². The fraction of sp³-hybridized carbons (Fsp3) is 0.273. The summed E-state index contributed by atoms with van der Waals surface area (Å²) in [5.41, 5.74) is 12.3. The van der Waals surface area contributed by atoms with Gasteiger partial charge in [0.15, 0.2) is 0 Å². The number of primary amides is 1. The largest absolute Gasteiger partial charge is 0.444 e. The summed E-state index contributed by atoms with van der Waals surface area (Å²) in [6.07, 6.45) is -0.882. The molecule has 1 atom stereocenters. The van der Waals surface area contributed by atoms with E-state index in [0.717, 1.165) is 11.1 Å². The zero-order chi connectivity index (χ0) is 23.2. The maximum absolute atomic E-state index is 12.1. The van der Waals surface area contributed by atoms with Crippen LogP contribution in [0.4, 0.5) is 9.59 Å². The van der Waals surface area contributed by atoms with Crippen LogP contribution in [0.25, 0.3) is 0 Å². The molecular formula is C22H28ClN5O5. The summed E-state index contributed by atoms with van der Waals surface area (Å²) in [5, 5.41) is 4.76. The lowest BCUT2D eigenvalue weighted by molar-refractivity contribution is -0.119. The van der Waals surface area contributed by atoms with Crippen molar-refractivity contribution in [1.82, 2.24) is 10.6 Å². The lowest BCUT2D eigenvalue weighted by Gasteiger charge is -2.12. The minimum absolute atomic E-state index is 0. The average molecular weight is 478 g/mol. The van der Waals surface area contributed by atoms with Gasteiger partial charge in [0, 0.05) is 6.54 Å². The van der Waals surface area contributed by atoms with Gasteiger partial charge in [0.25, 0.3) is 0 Å². The van der Waals surface area contributed by atoms with Crippen LogP contribution >= 0.6 is 12.4 Å². The lowest BCUT2D eigenvalue weighted by Crippen LogP contribution is -2.44. The summed E-state index contributed by atoms with van der Waals surface area (Å²) in [6, 6.07) is 17.4. The molecule has 0 saturated heterocycles. The Morgan fingerprint density at radius 2 is 1.30 bits per heavy atom. The van der Waals surface area contributed by atoms with E-state index in [1.807, 2.05) is 60.7 Å². The number of rotatable bonds is 9. The summed E-state index contributed by atoms with van der Waals surface area (Å²) >= 11 is 0. The van der Waals surface area contributed by atoms with Gasteiger partial charge in [-0.15, -0.1) is 12.4 Å². The SMILES string of the molecule is Cl.NC(=O)[C@@H](N)CCCN=C(NC(=O)OCc1ccccc1)NC(=O)OCc1ccccc1. The molecule has 3 amide bonds. The Bertz CT molecular complexity index is 852. The van der Waals surface area contributed by atoms with Crippen LogP contribution in [0.1, 0.15) is 24.0 Å². The molecular weight excluding hydrogens is 450 g/mol. The number of nitrogens with one attached hydrogen (secondary N) is 2. The van der Waals surface area contributed by atoms with Crippen molar-refractivity contribution >= 4 is 36.5 Å². The van der Waals surface area contributed by atoms with E-state index in [-0.39, 0.29) is 38.1 Å². The number of carbonyl (C=O) groups excluding carboxylic acids is 3. The summed E-state index contributed by atoms with van der Waals surface area (Å²) in [5.74, 6) is -0.756. The molecule has 0 aliphatic carbocycles. The zero-order valence-corrected chi connectivity index (χ0v) is 18.8. The van der Waals surface area contributed by atoms with E-state index in [0.29, 0.717) is 12.8 Å². The van der Waals surface area contributed by atoms with Crippen molar-refractivity contribution in [2.45, 2.75) is 32.1 Å². The molecule has 0 fully saturated rings. The first kappa shape index (κ1) is 27.4. The highest BCUT2D eigenvalue weighted by Crippen LogP contribution is 2.02. The molecule has 2 rings (SSSR count). The summed E-state index contributed by atoms with van der Waals surface area (Å²) in [7, 11) is 0. The van der Waals surface area contributed by atoms with Crippen molar-refractivity contribution in [2.24, 2.45) is 16.5 Å². The van der Waals surface area contributed by atoms with Gasteiger partial charge in [-0.3, -0.25) is 20.4 Å². The highest BCUT2D eigenvalue weighted by Gasteiger charge is 2.13. The average Bonchev–Trinajstić information content (AvgIpc) is 2.80. The third kappa shape index (κ3) is 11.5. The van der Waals surface area contributed by atoms with E-state index in [4.69, 9.17) is 20.9 Å². The van der Waals surface area contributed by atoms with E-state index >= 15 is 0 Å². The molecule has 6 N–H and O–H groups in total. The molecule has 0 saturated carbocycles. The molecule has 0 heterocycles. The van der Waals surface area contributed by atoms with E-state index in [1.54, 1.807) is 0 Å². The number of halogens is 1. The second kappa shape index (κ2) is 15.2. The Kier molecular flexibility index (Phi) is 12.6. The first-order chi connectivity index (χ1) is 15.4. The fourth-order valence-corrected chi connectivity index (χ4v) is 2.47. The van der Waals surface area contributed by atoms with Gasteiger partial charge >= 0.3 is 12.2 Å². The maximum atomic E-state index is 12.1. The van der Waals surface area contributed by atoms with Crippen molar-refractivity contribution in [1.29, 1.82) is 0 Å². The molecule has 10 nitrogen and oxygen atoms in total. The first-order valence-corrected chi connectivity index (χ1v) is 9.99. The maximum Gasteiger partial charge on any atom is 0.414 e. The topological polar surface area (TPSA) is 158 Å².